The highest BCUT2D eigenvalue weighted by molar-refractivity contribution is 6.02. The molecule has 3 N–H and O–H groups in total. The Bertz CT molecular complexity index is 1220. The van der Waals surface area contributed by atoms with Crippen molar-refractivity contribution in [2.45, 2.75) is 57.5 Å². The van der Waals surface area contributed by atoms with Gasteiger partial charge in [0.1, 0.15) is 17.2 Å². The Morgan fingerprint density at radius 2 is 1.97 bits per heavy atom. The number of anilines is 2. The monoisotopic (exact) mass is 446 g/mol. The number of carbonyl (C=O) groups is 1. The van der Waals surface area contributed by atoms with E-state index in [0.717, 1.165) is 28.2 Å². The zero-order valence-corrected chi connectivity index (χ0v) is 19.3. The van der Waals surface area contributed by atoms with Crippen molar-refractivity contribution in [1.29, 1.82) is 0 Å². The number of H-pyrrole nitrogens is 1. The molecule has 2 aliphatic rings. The Morgan fingerprint density at radius 1 is 1.15 bits per heavy atom. The summed E-state index contributed by atoms with van der Waals surface area (Å²) in [5, 5.41) is 5.81. The van der Waals surface area contributed by atoms with Crippen LogP contribution in [0.4, 0.5) is 16.2 Å². The molecule has 0 bridgehead atoms. The molecule has 0 spiro atoms. The van der Waals surface area contributed by atoms with Gasteiger partial charge < -0.3 is 25.1 Å². The lowest BCUT2D eigenvalue weighted by Crippen LogP contribution is -2.27. The van der Waals surface area contributed by atoms with Crippen molar-refractivity contribution in [3.63, 3.8) is 0 Å². The Hall–Kier alpha value is -3.48. The molecule has 2 heterocycles. The van der Waals surface area contributed by atoms with Gasteiger partial charge in [0, 0.05) is 11.6 Å². The van der Waals surface area contributed by atoms with E-state index in [4.69, 9.17) is 14.5 Å². The Morgan fingerprint density at radius 3 is 2.76 bits per heavy atom. The van der Waals surface area contributed by atoms with Crippen molar-refractivity contribution < 1.29 is 14.3 Å². The highest BCUT2D eigenvalue weighted by Crippen LogP contribution is 2.41. The normalized spacial score (nSPS) is 17.3. The number of nitrogens with zero attached hydrogens (tertiary/aromatic N) is 1. The fraction of sp³-hybridized carbons (Fsp3) is 0.385. The SMILES string of the molecule is COc1c(NC(=O)Nc2ccc3nc(C4CCCCC4)[nH]c3c2)ccc2c1C=CC(C)(C)O2. The largest absolute Gasteiger partial charge is 0.494 e. The molecule has 0 radical (unpaired) electrons. The summed E-state index contributed by atoms with van der Waals surface area (Å²) in [6, 6.07) is 9.04. The van der Waals surface area contributed by atoms with E-state index in [2.05, 4.69) is 15.6 Å². The summed E-state index contributed by atoms with van der Waals surface area (Å²) in [6.45, 7) is 3.99. The first-order valence-corrected chi connectivity index (χ1v) is 11.6. The first kappa shape index (κ1) is 21.4. The molecule has 1 aliphatic carbocycles. The van der Waals surface area contributed by atoms with Gasteiger partial charge in [-0.2, -0.15) is 0 Å². The molecule has 1 saturated carbocycles. The maximum Gasteiger partial charge on any atom is 0.323 e. The van der Waals surface area contributed by atoms with Crippen LogP contribution in [0.3, 0.4) is 0 Å². The van der Waals surface area contributed by atoms with Gasteiger partial charge in [-0.3, -0.25) is 0 Å². The zero-order chi connectivity index (χ0) is 23.0. The highest BCUT2D eigenvalue weighted by Gasteiger charge is 2.25. The second-order valence-electron chi connectivity index (χ2n) is 9.37. The number of rotatable bonds is 4. The predicted molar refractivity (Wildman–Crippen MR) is 131 cm³/mol. The van der Waals surface area contributed by atoms with Gasteiger partial charge in [-0.15, -0.1) is 0 Å². The summed E-state index contributed by atoms with van der Waals surface area (Å²) in [6.07, 6.45) is 10.2. The van der Waals surface area contributed by atoms with E-state index < -0.39 is 0 Å². The van der Waals surface area contributed by atoms with Crippen molar-refractivity contribution in [1.82, 2.24) is 9.97 Å². The number of hydrogen-bond acceptors (Lipinski definition) is 4. The summed E-state index contributed by atoms with van der Waals surface area (Å²) in [5.74, 6) is 2.86. The Labute approximate surface area is 193 Å². The van der Waals surface area contributed by atoms with Crippen LogP contribution >= 0.6 is 0 Å². The lowest BCUT2D eigenvalue weighted by Gasteiger charge is -2.29. The second-order valence-corrected chi connectivity index (χ2v) is 9.37. The molecule has 7 heteroatoms. The maximum absolute atomic E-state index is 12.8. The topological polar surface area (TPSA) is 88.3 Å². The zero-order valence-electron chi connectivity index (χ0n) is 19.3. The van der Waals surface area contributed by atoms with E-state index in [1.54, 1.807) is 13.2 Å². The van der Waals surface area contributed by atoms with Crippen LogP contribution < -0.4 is 20.1 Å². The third-order valence-corrected chi connectivity index (χ3v) is 6.38. The van der Waals surface area contributed by atoms with Crippen LogP contribution in [0.2, 0.25) is 0 Å². The Balaban J connectivity index is 1.32. The molecule has 172 valence electrons. The standard InChI is InChI=1S/C26H30N4O3/c1-26(2)14-13-18-22(33-26)12-11-20(23(18)32-3)30-25(31)27-17-9-10-19-21(15-17)29-24(28-19)16-7-5-4-6-8-16/h9-16H,4-8H2,1-3H3,(H,28,29)(H2,27,30,31). The first-order chi connectivity index (χ1) is 15.9. The summed E-state index contributed by atoms with van der Waals surface area (Å²) < 4.78 is 11.6. The van der Waals surface area contributed by atoms with Gasteiger partial charge in [-0.1, -0.05) is 19.3 Å². The average molecular weight is 447 g/mol. The average Bonchev–Trinajstić information content (AvgIpc) is 3.22. The third-order valence-electron chi connectivity index (χ3n) is 6.38. The van der Waals surface area contributed by atoms with Crippen LogP contribution in [0, 0.1) is 0 Å². The molecule has 33 heavy (non-hydrogen) atoms. The Kier molecular flexibility index (Phi) is 5.48. The number of carbonyl (C=O) groups excluding carboxylic acids is 1. The van der Waals surface area contributed by atoms with Gasteiger partial charge in [-0.25, -0.2) is 9.78 Å². The molecule has 0 unspecified atom stereocenters. The van der Waals surface area contributed by atoms with Crippen molar-refractivity contribution in [3.05, 3.63) is 47.8 Å². The van der Waals surface area contributed by atoms with Gasteiger partial charge in [0.25, 0.3) is 0 Å². The molecule has 1 aliphatic heterocycles. The van der Waals surface area contributed by atoms with Gasteiger partial charge >= 0.3 is 6.03 Å². The van der Waals surface area contributed by atoms with Gasteiger partial charge in [0.2, 0.25) is 0 Å². The van der Waals surface area contributed by atoms with Crippen LogP contribution in [0.25, 0.3) is 17.1 Å². The molecule has 5 rings (SSSR count). The number of ether oxygens (including phenoxy) is 2. The van der Waals surface area contributed by atoms with Gasteiger partial charge in [0.15, 0.2) is 5.75 Å². The van der Waals surface area contributed by atoms with Crippen LogP contribution in [-0.4, -0.2) is 28.7 Å². The van der Waals surface area contributed by atoms with E-state index >= 15 is 0 Å². The molecule has 2 amide bonds. The van der Waals surface area contributed by atoms with Crippen molar-refractivity contribution >= 4 is 34.5 Å². The summed E-state index contributed by atoms with van der Waals surface area (Å²) in [7, 11) is 1.59. The minimum absolute atomic E-state index is 0.347. The number of methoxy groups -OCH3 is 1. The predicted octanol–water partition coefficient (Wildman–Crippen LogP) is 6.45. The van der Waals surface area contributed by atoms with E-state index in [1.165, 1.54) is 32.1 Å². The molecular formula is C26H30N4O3. The molecule has 0 atom stereocenters. The van der Waals surface area contributed by atoms with Crippen LogP contribution in [0.15, 0.2) is 36.4 Å². The van der Waals surface area contributed by atoms with Gasteiger partial charge in [0.05, 0.1) is 29.4 Å². The number of hydrogen-bond donors (Lipinski definition) is 3. The first-order valence-electron chi connectivity index (χ1n) is 11.6. The fourth-order valence-electron chi connectivity index (χ4n) is 4.71. The highest BCUT2D eigenvalue weighted by atomic mass is 16.5. The molecule has 2 aromatic carbocycles. The van der Waals surface area contributed by atoms with Crippen molar-refractivity contribution in [3.8, 4) is 11.5 Å². The fourth-order valence-corrected chi connectivity index (χ4v) is 4.71. The summed E-state index contributed by atoms with van der Waals surface area (Å²) in [4.78, 5) is 21.0. The van der Waals surface area contributed by atoms with Gasteiger partial charge in [-0.05, 0) is 69.2 Å². The van der Waals surface area contributed by atoms with Crippen molar-refractivity contribution in [2.24, 2.45) is 0 Å². The number of aromatic nitrogens is 2. The van der Waals surface area contributed by atoms with Crippen LogP contribution in [0.1, 0.15) is 63.3 Å². The number of amides is 2. The lowest BCUT2D eigenvalue weighted by molar-refractivity contribution is 0.158. The number of imidazole rings is 1. The molecule has 1 aromatic heterocycles. The summed E-state index contributed by atoms with van der Waals surface area (Å²) >= 11 is 0. The summed E-state index contributed by atoms with van der Waals surface area (Å²) in [5.41, 5.74) is 3.55. The molecule has 3 aromatic rings. The number of benzene rings is 2. The number of aromatic amines is 1. The van der Waals surface area contributed by atoms with E-state index in [-0.39, 0.29) is 11.6 Å². The quantitative estimate of drug-likeness (QED) is 0.430. The minimum atomic E-state index is -0.382. The third kappa shape index (κ3) is 4.40. The second kappa shape index (κ2) is 8.46. The lowest BCUT2D eigenvalue weighted by atomic mass is 9.89. The van der Waals surface area contributed by atoms with Crippen LogP contribution in [-0.2, 0) is 0 Å². The van der Waals surface area contributed by atoms with E-state index in [0.29, 0.717) is 23.0 Å². The van der Waals surface area contributed by atoms with Crippen LogP contribution in [0.5, 0.6) is 11.5 Å². The van der Waals surface area contributed by atoms with E-state index in [1.807, 2.05) is 50.3 Å². The molecule has 0 saturated heterocycles. The maximum atomic E-state index is 12.8. The minimum Gasteiger partial charge on any atom is -0.494 e. The van der Waals surface area contributed by atoms with E-state index in [9.17, 15) is 4.79 Å². The molecule has 1 fully saturated rings. The van der Waals surface area contributed by atoms with Crippen molar-refractivity contribution in [2.75, 3.05) is 17.7 Å². The number of fused-ring (bicyclic) bond motifs is 2. The smallest absolute Gasteiger partial charge is 0.323 e. The number of urea groups is 1. The number of nitrogens with one attached hydrogen (secondary N) is 3. The molecular weight excluding hydrogens is 416 g/mol. The molecule has 7 nitrogen and oxygen atoms in total.